The van der Waals surface area contributed by atoms with Crippen LogP contribution in [0, 0.1) is 0 Å². The zero-order valence-corrected chi connectivity index (χ0v) is 18.8. The summed E-state index contributed by atoms with van der Waals surface area (Å²) >= 11 is 0. The Bertz CT molecular complexity index is 1510. The molecule has 186 valence electrons. The van der Waals surface area contributed by atoms with E-state index in [1.54, 1.807) is 0 Å². The molecule has 0 radical (unpaired) electrons. The van der Waals surface area contributed by atoms with Crippen LogP contribution in [0.5, 0.6) is 0 Å². The van der Waals surface area contributed by atoms with Crippen LogP contribution >= 0.6 is 0 Å². The molecular weight excluding hydrogens is 483 g/mol. The molecule has 0 aliphatic carbocycles. The van der Waals surface area contributed by atoms with Crippen molar-refractivity contribution in [2.75, 3.05) is 6.54 Å². The predicted molar refractivity (Wildman–Crippen MR) is 117 cm³/mol. The van der Waals surface area contributed by atoms with Crippen LogP contribution in [-0.2, 0) is 42.6 Å². The number of aromatic nitrogens is 2. The number of hydrogen-bond acceptors (Lipinski definition) is 7. The molecule has 4 heterocycles. The lowest BCUT2D eigenvalue weighted by Gasteiger charge is -2.35. The number of carbonyl (C=O) groups excluding carboxylic acids is 3. The van der Waals surface area contributed by atoms with Crippen molar-refractivity contribution in [3.05, 3.63) is 63.4 Å². The summed E-state index contributed by atoms with van der Waals surface area (Å²) in [6.45, 7) is 0.250. The van der Waals surface area contributed by atoms with E-state index in [2.05, 4.69) is 4.98 Å². The third-order valence-corrected chi connectivity index (χ3v) is 6.32. The van der Waals surface area contributed by atoms with Gasteiger partial charge in [-0.1, -0.05) is 25.1 Å². The molecule has 2 aromatic heterocycles. The monoisotopic (exact) mass is 501 g/mol. The Kier molecular flexibility index (Phi) is 5.34. The second kappa shape index (κ2) is 8.18. The van der Waals surface area contributed by atoms with Crippen molar-refractivity contribution in [3.8, 4) is 11.4 Å². The van der Waals surface area contributed by atoms with Gasteiger partial charge in [0.1, 0.15) is 13.2 Å². The van der Waals surface area contributed by atoms with Crippen LogP contribution in [0.25, 0.3) is 22.3 Å². The smallest absolute Gasteiger partial charge is 0.457 e. The van der Waals surface area contributed by atoms with Crippen molar-refractivity contribution in [2.45, 2.75) is 38.3 Å². The Morgan fingerprint density at radius 2 is 1.97 bits per heavy atom. The Hall–Kier alpha value is -4.22. The van der Waals surface area contributed by atoms with Gasteiger partial charge in [-0.3, -0.25) is 14.4 Å². The summed E-state index contributed by atoms with van der Waals surface area (Å²) < 4.78 is 49.4. The number of nitrogens with zero attached hydrogens (tertiary/aromatic N) is 2. The zero-order valence-electron chi connectivity index (χ0n) is 18.8. The predicted octanol–water partition coefficient (Wildman–Crippen LogP) is 2.31. The van der Waals surface area contributed by atoms with Crippen LogP contribution in [0.4, 0.5) is 13.2 Å². The summed E-state index contributed by atoms with van der Waals surface area (Å²) in [5.41, 5.74) is 0.0471. The minimum absolute atomic E-state index is 0.0795. The molecular formula is C24H18F3N3O6. The first-order chi connectivity index (χ1) is 17.0. The van der Waals surface area contributed by atoms with Crippen LogP contribution in [0.2, 0.25) is 0 Å². The fourth-order valence-electron chi connectivity index (χ4n) is 4.57. The van der Waals surface area contributed by atoms with E-state index in [0.717, 1.165) is 10.9 Å². The SMILES string of the molecule is CC[C@]1(OC(=O)CNC(=O)C(F)(F)F)C(=O)OCc2c1cc1n(c2=O)Cc2cc3ccccc3nc2-1. The van der Waals surface area contributed by atoms with Gasteiger partial charge in [-0.05, 0) is 24.6 Å². The summed E-state index contributed by atoms with van der Waals surface area (Å²) in [5, 5.41) is 2.30. The van der Waals surface area contributed by atoms with Gasteiger partial charge in [-0.25, -0.2) is 9.78 Å². The number of esters is 2. The first-order valence-corrected chi connectivity index (χ1v) is 11.0. The normalized spacial score (nSPS) is 18.2. The van der Waals surface area contributed by atoms with E-state index in [1.807, 2.05) is 30.3 Å². The van der Waals surface area contributed by atoms with Crippen LogP contribution in [0.1, 0.15) is 30.0 Å². The molecule has 1 atom stereocenters. The van der Waals surface area contributed by atoms with Gasteiger partial charge in [0.25, 0.3) is 5.56 Å². The third-order valence-electron chi connectivity index (χ3n) is 6.32. The van der Waals surface area contributed by atoms with Crippen molar-refractivity contribution < 1.29 is 37.0 Å². The number of pyridine rings is 2. The van der Waals surface area contributed by atoms with E-state index in [1.165, 1.54) is 22.9 Å². The highest BCUT2D eigenvalue weighted by Crippen LogP contribution is 2.40. The van der Waals surface area contributed by atoms with Gasteiger partial charge in [0, 0.05) is 16.5 Å². The van der Waals surface area contributed by atoms with Gasteiger partial charge in [-0.15, -0.1) is 0 Å². The molecule has 0 fully saturated rings. The lowest BCUT2D eigenvalue weighted by atomic mass is 9.85. The Morgan fingerprint density at radius 1 is 1.22 bits per heavy atom. The molecule has 2 aliphatic heterocycles. The third kappa shape index (κ3) is 3.60. The van der Waals surface area contributed by atoms with Crippen molar-refractivity contribution in [1.82, 2.24) is 14.9 Å². The molecule has 0 saturated carbocycles. The molecule has 36 heavy (non-hydrogen) atoms. The molecule has 1 N–H and O–H groups in total. The Balaban J connectivity index is 1.57. The van der Waals surface area contributed by atoms with Gasteiger partial charge in [-0.2, -0.15) is 13.2 Å². The average Bonchev–Trinajstić information content (AvgIpc) is 3.20. The highest BCUT2D eigenvalue weighted by atomic mass is 19.4. The quantitative estimate of drug-likeness (QED) is 0.427. The maximum atomic E-state index is 13.4. The van der Waals surface area contributed by atoms with Crippen molar-refractivity contribution in [3.63, 3.8) is 0 Å². The summed E-state index contributed by atoms with van der Waals surface area (Å²) in [6, 6.07) is 10.9. The molecule has 3 aromatic rings. The molecule has 0 bridgehead atoms. The van der Waals surface area contributed by atoms with Crippen LogP contribution in [-0.4, -0.2) is 40.1 Å². The Morgan fingerprint density at radius 3 is 2.69 bits per heavy atom. The number of nitrogens with one attached hydrogen (secondary N) is 1. The number of ether oxygens (including phenoxy) is 2. The van der Waals surface area contributed by atoms with E-state index in [4.69, 9.17) is 9.47 Å². The minimum Gasteiger partial charge on any atom is -0.457 e. The van der Waals surface area contributed by atoms with Gasteiger partial charge in [0.05, 0.1) is 29.0 Å². The lowest BCUT2D eigenvalue weighted by Crippen LogP contribution is -2.49. The number of benzene rings is 1. The molecule has 0 unspecified atom stereocenters. The molecule has 1 amide bonds. The number of alkyl halides is 3. The van der Waals surface area contributed by atoms with Gasteiger partial charge in [0.15, 0.2) is 0 Å². The topological polar surface area (TPSA) is 117 Å². The average molecular weight is 501 g/mol. The second-order valence-corrected chi connectivity index (χ2v) is 8.41. The maximum absolute atomic E-state index is 13.4. The van der Waals surface area contributed by atoms with E-state index in [9.17, 15) is 32.3 Å². The van der Waals surface area contributed by atoms with Crippen molar-refractivity contribution >= 4 is 28.7 Å². The maximum Gasteiger partial charge on any atom is 0.471 e. The molecule has 0 saturated heterocycles. The standard InChI is InChI=1S/C24H18F3N3O6/c1-2-23(36-18(31)9-28-21(33)24(25,26)27)15-8-17-19-13(7-12-5-3-4-6-16(12)29-19)10-30(17)20(32)14(15)11-35-22(23)34/h3-8H,2,9-11H2,1H3,(H,28,33)/t23-/m1/s1. The first-order valence-electron chi connectivity index (χ1n) is 11.0. The van der Waals surface area contributed by atoms with Crippen molar-refractivity contribution in [2.24, 2.45) is 0 Å². The largest absolute Gasteiger partial charge is 0.471 e. The van der Waals surface area contributed by atoms with Crippen LogP contribution in [0.3, 0.4) is 0 Å². The number of para-hydroxylation sites is 1. The van der Waals surface area contributed by atoms with E-state index >= 15 is 0 Å². The van der Waals surface area contributed by atoms with Crippen molar-refractivity contribution in [1.29, 1.82) is 0 Å². The number of fused-ring (bicyclic) bond motifs is 5. The first kappa shape index (κ1) is 23.5. The Labute approximate surface area is 200 Å². The second-order valence-electron chi connectivity index (χ2n) is 8.41. The van der Waals surface area contributed by atoms with Crippen LogP contribution < -0.4 is 10.9 Å². The number of rotatable bonds is 4. The number of hydrogen-bond donors (Lipinski definition) is 1. The van der Waals surface area contributed by atoms with Crippen LogP contribution in [0.15, 0.2) is 41.2 Å². The lowest BCUT2D eigenvalue weighted by molar-refractivity contribution is -0.190. The molecule has 1 aromatic carbocycles. The van der Waals surface area contributed by atoms with E-state index < -0.39 is 41.7 Å². The fraction of sp³-hybridized carbons (Fsp3) is 0.292. The van der Waals surface area contributed by atoms with Gasteiger partial charge >= 0.3 is 24.0 Å². The van der Waals surface area contributed by atoms with E-state index in [0.29, 0.717) is 16.9 Å². The molecule has 12 heteroatoms. The summed E-state index contributed by atoms with van der Waals surface area (Å²) in [6.07, 6.45) is -5.36. The molecule has 9 nitrogen and oxygen atoms in total. The minimum atomic E-state index is -5.20. The fourth-order valence-corrected chi connectivity index (χ4v) is 4.57. The van der Waals surface area contributed by atoms with Gasteiger partial charge in [0.2, 0.25) is 5.60 Å². The number of amides is 1. The summed E-state index contributed by atoms with van der Waals surface area (Å²) in [4.78, 5) is 54.5. The molecule has 0 spiro atoms. The molecule has 2 aliphatic rings. The summed E-state index contributed by atoms with van der Waals surface area (Å²) in [5.74, 6) is -4.60. The highest BCUT2D eigenvalue weighted by Gasteiger charge is 2.50. The number of carbonyl (C=O) groups is 3. The highest BCUT2D eigenvalue weighted by molar-refractivity contribution is 5.90. The summed E-state index contributed by atoms with van der Waals surface area (Å²) in [7, 11) is 0. The number of halogens is 3. The van der Waals surface area contributed by atoms with E-state index in [-0.39, 0.29) is 30.7 Å². The zero-order chi connectivity index (χ0) is 25.8. The van der Waals surface area contributed by atoms with Gasteiger partial charge < -0.3 is 19.4 Å². The number of cyclic esters (lactones) is 1. The molecule has 5 rings (SSSR count).